The Morgan fingerprint density at radius 2 is 1.46 bits per heavy atom. The second-order valence-corrected chi connectivity index (χ2v) is 15.1. The highest BCUT2D eigenvalue weighted by Gasteiger charge is 2.31. The average Bonchev–Trinajstić information content (AvgIpc) is 3.04. The normalized spacial score (nSPS) is 13.5. The summed E-state index contributed by atoms with van der Waals surface area (Å²) in [6, 6.07) is 5.94. The Morgan fingerprint density at radius 3 is 2.00 bits per heavy atom. The van der Waals surface area contributed by atoms with Gasteiger partial charge in [-0.15, -0.1) is 0 Å². The van der Waals surface area contributed by atoms with E-state index >= 15 is 0 Å². The highest BCUT2D eigenvalue weighted by Crippen LogP contribution is 2.49. The number of carbonyl (C=O) groups is 4. The van der Waals surface area contributed by atoms with Crippen LogP contribution in [-0.4, -0.2) is 100 Å². The van der Waals surface area contributed by atoms with Gasteiger partial charge in [-0.05, 0) is 77.5 Å². The Hall–Kier alpha value is -2.83. The minimum atomic E-state index is -3.92. The highest BCUT2D eigenvalue weighted by atomic mass is 31.2. The first-order valence-corrected chi connectivity index (χ1v) is 19.5. The van der Waals surface area contributed by atoms with Crippen LogP contribution < -0.4 is 20.9 Å². The van der Waals surface area contributed by atoms with Gasteiger partial charge in [0.1, 0.15) is 5.75 Å². The second kappa shape index (κ2) is 25.2. The third kappa shape index (κ3) is 20.1. The molecule has 0 radical (unpaired) electrons. The van der Waals surface area contributed by atoms with Crippen molar-refractivity contribution in [3.63, 3.8) is 0 Å². The van der Waals surface area contributed by atoms with Crippen LogP contribution in [0.25, 0.3) is 0 Å². The van der Waals surface area contributed by atoms with E-state index in [1.165, 1.54) is 0 Å². The summed E-state index contributed by atoms with van der Waals surface area (Å²) in [6.45, 7) is 7.80. The van der Waals surface area contributed by atoms with Crippen molar-refractivity contribution in [3.8, 4) is 5.75 Å². The molecule has 0 aliphatic rings. The lowest BCUT2D eigenvalue weighted by Gasteiger charge is -2.25. The molecule has 3 unspecified atom stereocenters. The molecule has 286 valence electrons. The summed E-state index contributed by atoms with van der Waals surface area (Å²) in [5.41, 5.74) is 5.95. The molecule has 0 bridgehead atoms. The zero-order valence-corrected chi connectivity index (χ0v) is 32.4. The van der Waals surface area contributed by atoms with Crippen molar-refractivity contribution >= 4 is 31.3 Å². The lowest BCUT2D eigenvalue weighted by molar-refractivity contribution is -0.133. The number of unbranched alkanes of at least 4 members (excludes halogenated alkanes) is 4. The van der Waals surface area contributed by atoms with Crippen LogP contribution in [0.15, 0.2) is 24.3 Å². The summed E-state index contributed by atoms with van der Waals surface area (Å²) in [5.74, 6) is -1.28. The van der Waals surface area contributed by atoms with E-state index < -0.39 is 19.8 Å². The number of amides is 3. The molecule has 0 aromatic heterocycles. The Bertz CT molecular complexity index is 1180. The van der Waals surface area contributed by atoms with Crippen LogP contribution in [0.2, 0.25) is 0 Å². The van der Waals surface area contributed by atoms with E-state index in [1.807, 2.05) is 51.8 Å². The summed E-state index contributed by atoms with van der Waals surface area (Å²) >= 11 is 0. The van der Waals surface area contributed by atoms with Crippen LogP contribution in [0.4, 0.5) is 0 Å². The highest BCUT2D eigenvalue weighted by molar-refractivity contribution is 7.48. The number of hydrogen-bond acceptors (Lipinski definition) is 10. The first-order chi connectivity index (χ1) is 23.7. The number of carbonyl (C=O) groups excluding carboxylic acids is 4. The molecule has 14 heteroatoms. The maximum absolute atomic E-state index is 13.8. The number of Topliss-reactive ketones (excluding diaryl/α,β-unsaturated/α-hetero) is 1. The van der Waals surface area contributed by atoms with Gasteiger partial charge < -0.3 is 30.7 Å². The Balaban J connectivity index is 3.09. The number of nitrogens with zero attached hydrogens (tertiary/aromatic N) is 2. The number of nitrogens with one attached hydrogen (secondary N) is 2. The molecule has 1 aromatic rings. The van der Waals surface area contributed by atoms with Gasteiger partial charge in [0.25, 0.3) is 0 Å². The zero-order chi connectivity index (χ0) is 37.5. The summed E-state index contributed by atoms with van der Waals surface area (Å²) in [4.78, 5) is 54.8. The van der Waals surface area contributed by atoms with Crippen molar-refractivity contribution in [2.24, 2.45) is 17.6 Å². The van der Waals surface area contributed by atoms with Gasteiger partial charge in [-0.1, -0.05) is 58.6 Å². The number of phosphoric acid groups is 1. The molecule has 50 heavy (non-hydrogen) atoms. The van der Waals surface area contributed by atoms with Crippen LogP contribution in [0.3, 0.4) is 0 Å². The zero-order valence-electron chi connectivity index (χ0n) is 31.5. The molecule has 1 aromatic carbocycles. The Labute approximate surface area is 300 Å². The fraction of sp³-hybridized carbons (Fsp3) is 0.722. The van der Waals surface area contributed by atoms with E-state index in [0.717, 1.165) is 31.2 Å². The van der Waals surface area contributed by atoms with Gasteiger partial charge in [-0.3, -0.25) is 28.2 Å². The SMILES string of the molecule is CCCCCC(=O)NC(Cc1ccc(OP(=O)(OCCN(C)C)OCCN(C)C)cc1)C(=O)CC(C(=O)NCCCCCC(N)=O)C(C)CC. The van der Waals surface area contributed by atoms with E-state index in [4.69, 9.17) is 19.3 Å². The van der Waals surface area contributed by atoms with E-state index in [2.05, 4.69) is 17.6 Å². The maximum Gasteiger partial charge on any atom is 0.530 e. The molecule has 3 atom stereocenters. The molecule has 0 heterocycles. The van der Waals surface area contributed by atoms with E-state index in [-0.39, 0.29) is 61.2 Å². The largest absolute Gasteiger partial charge is 0.530 e. The lowest BCUT2D eigenvalue weighted by Crippen LogP contribution is -2.45. The molecule has 0 saturated heterocycles. The molecule has 0 fully saturated rings. The number of ketones is 1. The molecule has 0 spiro atoms. The molecule has 0 saturated carbocycles. The number of likely N-dealkylation sites (N-methyl/N-ethyl adjacent to an activating group) is 2. The van der Waals surface area contributed by atoms with Gasteiger partial charge in [0.05, 0.1) is 19.3 Å². The van der Waals surface area contributed by atoms with Crippen LogP contribution in [0.5, 0.6) is 5.75 Å². The molecular formula is C36H64N5O8P. The number of rotatable bonds is 29. The lowest BCUT2D eigenvalue weighted by atomic mass is 9.84. The van der Waals surface area contributed by atoms with Gasteiger partial charge >= 0.3 is 7.82 Å². The first-order valence-electron chi connectivity index (χ1n) is 18.0. The third-order valence-electron chi connectivity index (χ3n) is 8.38. The monoisotopic (exact) mass is 725 g/mol. The van der Waals surface area contributed by atoms with Crippen LogP contribution in [0.1, 0.15) is 90.5 Å². The van der Waals surface area contributed by atoms with Crippen LogP contribution in [-0.2, 0) is 39.2 Å². The molecular weight excluding hydrogens is 661 g/mol. The number of phosphoric ester groups is 1. The maximum atomic E-state index is 13.8. The fourth-order valence-corrected chi connectivity index (χ4v) is 6.17. The van der Waals surface area contributed by atoms with Crippen molar-refractivity contribution in [1.29, 1.82) is 0 Å². The fourth-order valence-electron chi connectivity index (χ4n) is 5.00. The second-order valence-electron chi connectivity index (χ2n) is 13.5. The van der Waals surface area contributed by atoms with Crippen molar-refractivity contribution < 1.29 is 37.3 Å². The molecule has 1 rings (SSSR count). The quantitative estimate of drug-likeness (QED) is 0.0776. The molecule has 0 aliphatic carbocycles. The molecule has 3 amide bonds. The Morgan fingerprint density at radius 1 is 0.860 bits per heavy atom. The summed E-state index contributed by atoms with van der Waals surface area (Å²) in [7, 11) is 3.60. The van der Waals surface area contributed by atoms with Crippen molar-refractivity contribution in [3.05, 3.63) is 29.8 Å². The van der Waals surface area contributed by atoms with Crippen molar-refractivity contribution in [2.75, 3.05) is 61.0 Å². The third-order valence-corrected chi connectivity index (χ3v) is 9.81. The van der Waals surface area contributed by atoms with Gasteiger partial charge in [0.15, 0.2) is 5.78 Å². The Kier molecular flexibility index (Phi) is 22.8. The predicted molar refractivity (Wildman–Crippen MR) is 197 cm³/mol. The standard InChI is InChI=1S/C36H64N5O8P/c1-8-10-12-16-35(44)39-32(33(42)27-31(28(3)9-2)36(45)38-21-14-11-13-15-34(37)43)26-29-17-19-30(20-18-29)49-50(46,47-24-22-40(4)5)48-25-23-41(6)7/h17-20,28,31-32H,8-16,21-27H2,1-7H3,(H2,37,43)(H,38,45)(H,39,44). The number of benzene rings is 1. The summed E-state index contributed by atoms with van der Waals surface area (Å²) in [5, 5.41) is 5.90. The number of hydrogen-bond donors (Lipinski definition) is 3. The van der Waals surface area contributed by atoms with E-state index in [1.54, 1.807) is 24.3 Å². The van der Waals surface area contributed by atoms with Crippen molar-refractivity contribution in [1.82, 2.24) is 20.4 Å². The summed E-state index contributed by atoms with van der Waals surface area (Å²) < 4.78 is 30.4. The van der Waals surface area contributed by atoms with Crippen LogP contribution >= 0.6 is 7.82 Å². The van der Waals surface area contributed by atoms with E-state index in [0.29, 0.717) is 51.7 Å². The summed E-state index contributed by atoms with van der Waals surface area (Å²) in [6.07, 6.45) is 6.27. The molecule has 4 N–H and O–H groups in total. The first kappa shape index (κ1) is 45.2. The minimum absolute atomic E-state index is 0.0125. The van der Waals surface area contributed by atoms with Crippen molar-refractivity contribution in [2.45, 2.75) is 97.4 Å². The number of nitrogens with two attached hydrogens (primary N) is 1. The van der Waals surface area contributed by atoms with E-state index in [9.17, 15) is 23.7 Å². The average molecular weight is 726 g/mol. The predicted octanol–water partition coefficient (Wildman–Crippen LogP) is 4.72. The van der Waals surface area contributed by atoms with Gasteiger partial charge in [0, 0.05) is 44.8 Å². The smallest absolute Gasteiger partial charge is 0.404 e. The molecule has 13 nitrogen and oxygen atoms in total. The topological polar surface area (TPSA) is 170 Å². The van der Waals surface area contributed by atoms with Gasteiger partial charge in [0.2, 0.25) is 17.7 Å². The van der Waals surface area contributed by atoms with Gasteiger partial charge in [-0.25, -0.2) is 4.57 Å². The van der Waals surface area contributed by atoms with Crippen LogP contribution in [0, 0.1) is 11.8 Å². The number of primary amides is 1. The minimum Gasteiger partial charge on any atom is -0.404 e. The molecule has 0 aliphatic heterocycles. The van der Waals surface area contributed by atoms with Gasteiger partial charge in [-0.2, -0.15) is 0 Å².